The van der Waals surface area contributed by atoms with Crippen LogP contribution in [-0.2, 0) is 0 Å². The van der Waals surface area contributed by atoms with E-state index in [2.05, 4.69) is 57.7 Å². The maximum absolute atomic E-state index is 2.40. The molecule has 2 heterocycles. The highest BCUT2D eigenvalue weighted by Crippen LogP contribution is 2.27. The predicted molar refractivity (Wildman–Crippen MR) is 109 cm³/mol. The van der Waals surface area contributed by atoms with Crippen LogP contribution in [0.5, 0.6) is 0 Å². The van der Waals surface area contributed by atoms with E-state index in [0.717, 1.165) is 24.3 Å². The summed E-state index contributed by atoms with van der Waals surface area (Å²) in [5.41, 5.74) is 1.54. The van der Waals surface area contributed by atoms with E-state index in [4.69, 9.17) is 0 Å². The van der Waals surface area contributed by atoms with Crippen molar-refractivity contribution >= 4 is 0 Å². The van der Waals surface area contributed by atoms with Gasteiger partial charge in [-0.2, -0.15) is 0 Å². The standard InChI is InChI=1S/C8H16.C7H15N.C7H13N/c3*1-7-3-5-8(2)6-4-7/h7-8H,3-6H2,1-2H3;7H,3-6H2,1-2H3;3H,4-6H2,1-2H3. The van der Waals surface area contributed by atoms with Crippen LogP contribution in [0.15, 0.2) is 11.6 Å². The molecule has 2 fully saturated rings. The zero-order valence-electron chi connectivity index (χ0n) is 17.5. The summed E-state index contributed by atoms with van der Waals surface area (Å²) < 4.78 is 0. The van der Waals surface area contributed by atoms with Crippen LogP contribution in [0.4, 0.5) is 0 Å². The summed E-state index contributed by atoms with van der Waals surface area (Å²) in [6, 6.07) is 0. The van der Waals surface area contributed by atoms with Crippen LogP contribution in [-0.4, -0.2) is 50.1 Å². The van der Waals surface area contributed by atoms with Gasteiger partial charge in [-0.1, -0.05) is 58.1 Å². The number of likely N-dealkylation sites (N-methyl/N-ethyl adjacent to an activating group) is 1. The zero-order chi connectivity index (χ0) is 17.9. The number of hydrogen-bond acceptors (Lipinski definition) is 2. The monoisotopic (exact) mass is 336 g/mol. The highest BCUT2D eigenvalue weighted by atomic mass is 15.1. The maximum atomic E-state index is 2.40. The van der Waals surface area contributed by atoms with Gasteiger partial charge in [-0.3, -0.25) is 0 Å². The number of rotatable bonds is 0. The van der Waals surface area contributed by atoms with Crippen LogP contribution < -0.4 is 0 Å². The van der Waals surface area contributed by atoms with Gasteiger partial charge in [0.1, 0.15) is 0 Å². The van der Waals surface area contributed by atoms with Crippen LogP contribution in [0.25, 0.3) is 0 Å². The second-order valence-corrected chi connectivity index (χ2v) is 8.91. The Kier molecular flexibility index (Phi) is 10.9. The smallest absolute Gasteiger partial charge is 0.0162 e. The molecule has 0 bridgehead atoms. The average Bonchev–Trinajstić information content (AvgIpc) is 2.57. The van der Waals surface area contributed by atoms with Crippen molar-refractivity contribution in [1.82, 2.24) is 9.80 Å². The zero-order valence-corrected chi connectivity index (χ0v) is 17.5. The molecule has 0 aromatic heterocycles. The van der Waals surface area contributed by atoms with Crippen molar-refractivity contribution in [3.63, 3.8) is 0 Å². The van der Waals surface area contributed by atoms with E-state index in [-0.39, 0.29) is 0 Å². The molecule has 3 rings (SSSR count). The number of hydrogen-bond donors (Lipinski definition) is 0. The molecule has 0 atom stereocenters. The highest BCUT2D eigenvalue weighted by molar-refractivity contribution is 5.02. The molecule has 0 aromatic rings. The van der Waals surface area contributed by atoms with Gasteiger partial charge in [-0.15, -0.1) is 0 Å². The summed E-state index contributed by atoms with van der Waals surface area (Å²) in [5.74, 6) is 3.02. The molecule has 0 radical (unpaired) electrons. The largest absolute Gasteiger partial charge is 0.306 e. The third kappa shape index (κ3) is 10.5. The van der Waals surface area contributed by atoms with Crippen molar-refractivity contribution in [3.8, 4) is 0 Å². The van der Waals surface area contributed by atoms with Gasteiger partial charge in [-0.25, -0.2) is 0 Å². The van der Waals surface area contributed by atoms with E-state index in [1.54, 1.807) is 5.57 Å². The van der Waals surface area contributed by atoms with Gasteiger partial charge in [-0.05, 0) is 71.1 Å². The average molecular weight is 337 g/mol. The third-order valence-electron chi connectivity index (χ3n) is 5.95. The van der Waals surface area contributed by atoms with E-state index in [9.17, 15) is 0 Å². The number of likely N-dealkylation sites (tertiary alicyclic amines) is 1. The molecule has 1 saturated carbocycles. The molecule has 3 aliphatic rings. The highest BCUT2D eigenvalue weighted by Gasteiger charge is 2.13. The number of nitrogens with zero attached hydrogens (tertiary/aromatic N) is 2. The molecular formula is C22H44N2. The lowest BCUT2D eigenvalue weighted by atomic mass is 9.84. The first-order valence-electron chi connectivity index (χ1n) is 10.4. The summed E-state index contributed by atoms with van der Waals surface area (Å²) >= 11 is 0. The summed E-state index contributed by atoms with van der Waals surface area (Å²) in [7, 11) is 4.36. The Morgan fingerprint density at radius 3 is 1.50 bits per heavy atom. The summed E-state index contributed by atoms with van der Waals surface area (Å²) in [4.78, 5) is 4.73. The fourth-order valence-electron chi connectivity index (χ4n) is 3.44. The summed E-state index contributed by atoms with van der Waals surface area (Å²) in [5, 5.41) is 0. The van der Waals surface area contributed by atoms with Crippen molar-refractivity contribution in [1.29, 1.82) is 0 Å². The van der Waals surface area contributed by atoms with Crippen LogP contribution in [0.2, 0.25) is 0 Å². The van der Waals surface area contributed by atoms with Gasteiger partial charge < -0.3 is 9.80 Å². The fourth-order valence-corrected chi connectivity index (χ4v) is 3.44. The lowest BCUT2D eigenvalue weighted by molar-refractivity contribution is 0.230. The lowest BCUT2D eigenvalue weighted by Gasteiger charge is -2.26. The van der Waals surface area contributed by atoms with Crippen LogP contribution in [0.1, 0.15) is 72.6 Å². The molecule has 0 amide bonds. The topological polar surface area (TPSA) is 6.48 Å². The van der Waals surface area contributed by atoms with Crippen molar-refractivity contribution in [2.75, 3.05) is 40.3 Å². The summed E-state index contributed by atoms with van der Waals surface area (Å²) in [6.07, 6.45) is 12.2. The first kappa shape index (κ1) is 21.7. The van der Waals surface area contributed by atoms with Gasteiger partial charge in [0.05, 0.1) is 0 Å². The minimum absolute atomic E-state index is 0.978. The molecule has 0 N–H and O–H groups in total. The first-order valence-corrected chi connectivity index (χ1v) is 10.4. The first-order chi connectivity index (χ1) is 11.4. The van der Waals surface area contributed by atoms with E-state index in [1.165, 1.54) is 64.6 Å². The third-order valence-corrected chi connectivity index (χ3v) is 5.95. The lowest BCUT2D eigenvalue weighted by Crippen LogP contribution is -2.28. The molecular weight excluding hydrogens is 292 g/mol. The maximum Gasteiger partial charge on any atom is 0.0162 e. The van der Waals surface area contributed by atoms with E-state index < -0.39 is 0 Å². The Bertz CT molecular complexity index is 294. The molecule has 1 aliphatic carbocycles. The number of piperidine rings is 1. The molecule has 2 nitrogen and oxygen atoms in total. The van der Waals surface area contributed by atoms with Crippen molar-refractivity contribution < 1.29 is 0 Å². The van der Waals surface area contributed by atoms with Gasteiger partial charge in [0, 0.05) is 13.1 Å². The Morgan fingerprint density at radius 1 is 0.708 bits per heavy atom. The second-order valence-electron chi connectivity index (χ2n) is 8.91. The molecule has 142 valence electrons. The molecule has 24 heavy (non-hydrogen) atoms. The minimum Gasteiger partial charge on any atom is -0.306 e. The van der Waals surface area contributed by atoms with Crippen LogP contribution in [0.3, 0.4) is 0 Å². The Labute approximate surface area is 152 Å². The summed E-state index contributed by atoms with van der Waals surface area (Å²) in [6.45, 7) is 14.3. The van der Waals surface area contributed by atoms with Gasteiger partial charge in [0.25, 0.3) is 0 Å². The second kappa shape index (κ2) is 12.1. The SMILES string of the molecule is CC1=CCN(C)CC1.CC1CCC(C)CC1.CC1CCN(C)CC1. The molecule has 1 saturated heterocycles. The minimum atomic E-state index is 0.978. The Morgan fingerprint density at radius 2 is 1.17 bits per heavy atom. The normalized spacial score (nSPS) is 29.7. The van der Waals surface area contributed by atoms with E-state index >= 15 is 0 Å². The molecule has 0 aromatic carbocycles. The van der Waals surface area contributed by atoms with Gasteiger partial charge in [0.15, 0.2) is 0 Å². The van der Waals surface area contributed by atoms with Gasteiger partial charge >= 0.3 is 0 Å². The van der Waals surface area contributed by atoms with Crippen LogP contribution >= 0.6 is 0 Å². The molecule has 0 unspecified atom stereocenters. The van der Waals surface area contributed by atoms with Gasteiger partial charge in [0.2, 0.25) is 0 Å². The molecule has 2 heteroatoms. The fraction of sp³-hybridized carbons (Fsp3) is 0.909. The van der Waals surface area contributed by atoms with Crippen molar-refractivity contribution in [2.45, 2.75) is 72.6 Å². The Hall–Kier alpha value is -0.340. The van der Waals surface area contributed by atoms with Crippen molar-refractivity contribution in [3.05, 3.63) is 11.6 Å². The van der Waals surface area contributed by atoms with Crippen molar-refractivity contribution in [2.24, 2.45) is 17.8 Å². The predicted octanol–water partition coefficient (Wildman–Crippen LogP) is 5.45. The quantitative estimate of drug-likeness (QED) is 0.543. The Balaban J connectivity index is 0.000000180. The van der Waals surface area contributed by atoms with Crippen LogP contribution in [0, 0.1) is 17.8 Å². The molecule has 2 aliphatic heterocycles. The van der Waals surface area contributed by atoms with E-state index in [1.807, 2.05) is 0 Å². The van der Waals surface area contributed by atoms with E-state index in [0.29, 0.717) is 0 Å². The molecule has 0 spiro atoms.